The second kappa shape index (κ2) is 9.66. The molecule has 10 nitrogen and oxygen atoms in total. The maximum absolute atomic E-state index is 13.1. The van der Waals surface area contributed by atoms with Crippen LogP contribution in [0.2, 0.25) is 9.36 Å². The van der Waals surface area contributed by atoms with Gasteiger partial charge in [0.1, 0.15) is 4.21 Å². The van der Waals surface area contributed by atoms with Crippen LogP contribution in [0.25, 0.3) is 16.6 Å². The molecule has 0 saturated heterocycles. The number of sulfonamides is 1. The number of anilines is 2. The average molecular weight is 619 g/mol. The van der Waals surface area contributed by atoms with Crippen molar-refractivity contribution in [2.45, 2.75) is 4.21 Å². The highest BCUT2D eigenvalue weighted by atomic mass is 79.9. The van der Waals surface area contributed by atoms with Gasteiger partial charge in [0.15, 0.2) is 0 Å². The van der Waals surface area contributed by atoms with E-state index in [1.165, 1.54) is 30.3 Å². The number of nitrogens with zero attached hydrogens (tertiary/aromatic N) is 1. The lowest BCUT2D eigenvalue weighted by molar-refractivity contribution is 0.256. The van der Waals surface area contributed by atoms with Gasteiger partial charge in [-0.25, -0.2) is 27.3 Å². The number of benzene rings is 2. The van der Waals surface area contributed by atoms with E-state index in [0.717, 1.165) is 15.9 Å². The molecule has 2 amide bonds. The van der Waals surface area contributed by atoms with Crippen LogP contribution in [0.1, 0.15) is 0 Å². The van der Waals surface area contributed by atoms with E-state index in [2.05, 4.69) is 31.5 Å². The van der Waals surface area contributed by atoms with Crippen molar-refractivity contribution in [1.82, 2.24) is 14.3 Å². The summed E-state index contributed by atoms with van der Waals surface area (Å²) in [5.74, 6) is 0. The molecular formula is C20H14BrCl2N5O5S2. The summed E-state index contributed by atoms with van der Waals surface area (Å²) in [6, 6.07) is 8.82. The third-order valence-electron chi connectivity index (χ3n) is 4.74. The molecule has 182 valence electrons. The van der Waals surface area contributed by atoms with Crippen LogP contribution in [0.15, 0.2) is 60.7 Å². The minimum Gasteiger partial charge on any atom is -0.387 e. The lowest BCUT2D eigenvalue weighted by Gasteiger charge is -2.12. The Bertz CT molecular complexity index is 1720. The third-order valence-corrected chi connectivity index (χ3v) is 8.75. The molecule has 2 heterocycles. The molecule has 35 heavy (non-hydrogen) atoms. The van der Waals surface area contributed by atoms with Crippen molar-refractivity contribution in [3.05, 3.63) is 77.1 Å². The Morgan fingerprint density at radius 2 is 1.86 bits per heavy atom. The van der Waals surface area contributed by atoms with Crippen LogP contribution in [-0.2, 0) is 10.0 Å². The zero-order valence-corrected chi connectivity index (χ0v) is 22.2. The molecule has 4 rings (SSSR count). The zero-order valence-electron chi connectivity index (χ0n) is 17.5. The van der Waals surface area contributed by atoms with Gasteiger partial charge in [0.25, 0.3) is 15.6 Å². The highest BCUT2D eigenvalue weighted by molar-refractivity contribution is 9.10. The molecule has 4 aromatic rings. The van der Waals surface area contributed by atoms with Crippen molar-refractivity contribution in [1.29, 1.82) is 0 Å². The molecule has 0 atom stereocenters. The molecule has 0 saturated carbocycles. The zero-order chi connectivity index (χ0) is 25.5. The first-order chi connectivity index (χ1) is 16.5. The number of aromatic amines is 1. The predicted octanol–water partition coefficient (Wildman–Crippen LogP) is 4.36. The number of hydrogen-bond acceptors (Lipinski definition) is 7. The van der Waals surface area contributed by atoms with Crippen LogP contribution in [0, 0.1) is 0 Å². The fourth-order valence-electron chi connectivity index (χ4n) is 3.18. The first-order valence-electron chi connectivity index (χ1n) is 9.55. The van der Waals surface area contributed by atoms with Crippen LogP contribution in [0.5, 0.6) is 0 Å². The molecule has 4 N–H and O–H groups in total. The van der Waals surface area contributed by atoms with Crippen LogP contribution in [0.4, 0.5) is 16.2 Å². The van der Waals surface area contributed by atoms with E-state index in [1.54, 1.807) is 19.2 Å². The fraction of sp³-hybridized carbons (Fsp3) is 0.0500. The number of thiophene rings is 1. The molecule has 0 spiro atoms. The first kappa shape index (κ1) is 25.3. The largest absolute Gasteiger partial charge is 0.387 e. The molecule has 0 aliphatic rings. The van der Waals surface area contributed by atoms with Gasteiger partial charge < -0.3 is 15.6 Å². The molecular weight excluding hydrogens is 605 g/mol. The second-order valence-electron chi connectivity index (χ2n) is 6.98. The summed E-state index contributed by atoms with van der Waals surface area (Å²) in [5, 5.41) is 5.50. The van der Waals surface area contributed by atoms with Crippen LogP contribution < -0.4 is 26.6 Å². The third kappa shape index (κ3) is 5.09. The monoisotopic (exact) mass is 617 g/mol. The van der Waals surface area contributed by atoms with Crippen molar-refractivity contribution >= 4 is 88.8 Å². The fourth-order valence-corrected chi connectivity index (χ4v) is 6.38. The molecule has 15 heteroatoms. The number of halogens is 3. The normalized spacial score (nSPS) is 11.4. The quantitative estimate of drug-likeness (QED) is 0.262. The smallest absolute Gasteiger partial charge is 0.333 e. The van der Waals surface area contributed by atoms with E-state index in [1.807, 2.05) is 4.72 Å². The summed E-state index contributed by atoms with van der Waals surface area (Å²) in [5.41, 5.74) is -0.104. The average Bonchev–Trinajstić information content (AvgIpc) is 3.22. The van der Waals surface area contributed by atoms with Gasteiger partial charge in [0, 0.05) is 17.2 Å². The van der Waals surface area contributed by atoms with Gasteiger partial charge in [-0.1, -0.05) is 23.2 Å². The molecule has 2 aromatic heterocycles. The Morgan fingerprint density at radius 3 is 2.49 bits per heavy atom. The standard InChI is InChI=1S/C20H14BrCl2N5O5S2/c1-24-14-8-13-10(7-11(14)21)18(29)28(20(31)26-13)15-3-2-9(6-12(15)22)25-19(30)27-35(32,33)17-5-4-16(23)34-17/h2-8,24H,1H3,(H,26,31)(H2,25,27,30). The number of rotatable bonds is 5. The Balaban J connectivity index is 1.64. The van der Waals surface area contributed by atoms with Crippen molar-refractivity contribution < 1.29 is 13.2 Å². The van der Waals surface area contributed by atoms with Crippen molar-refractivity contribution in [2.24, 2.45) is 0 Å². The van der Waals surface area contributed by atoms with Gasteiger partial charge >= 0.3 is 11.7 Å². The number of H-pyrrole nitrogens is 1. The van der Waals surface area contributed by atoms with Gasteiger partial charge in [0.05, 0.1) is 31.6 Å². The molecule has 0 aliphatic heterocycles. The van der Waals surface area contributed by atoms with Crippen molar-refractivity contribution in [3.63, 3.8) is 0 Å². The summed E-state index contributed by atoms with van der Waals surface area (Å²) < 4.78 is 28.0. The van der Waals surface area contributed by atoms with Crippen molar-refractivity contribution in [2.75, 3.05) is 17.7 Å². The van der Waals surface area contributed by atoms with E-state index in [0.29, 0.717) is 15.7 Å². The predicted molar refractivity (Wildman–Crippen MR) is 141 cm³/mol. The topological polar surface area (TPSA) is 142 Å². The summed E-state index contributed by atoms with van der Waals surface area (Å²) in [4.78, 5) is 40.7. The number of fused-ring (bicyclic) bond motifs is 1. The summed E-state index contributed by atoms with van der Waals surface area (Å²) in [7, 11) is -2.42. The minimum absolute atomic E-state index is 0.0337. The number of hydrogen-bond donors (Lipinski definition) is 4. The Labute approximate surface area is 220 Å². The van der Waals surface area contributed by atoms with E-state index in [9.17, 15) is 22.8 Å². The Morgan fingerprint density at radius 1 is 1.11 bits per heavy atom. The van der Waals surface area contributed by atoms with Crippen LogP contribution in [-0.4, -0.2) is 31.0 Å². The van der Waals surface area contributed by atoms with Gasteiger partial charge in [-0.3, -0.25) is 4.79 Å². The molecule has 0 fully saturated rings. The number of carbonyl (C=O) groups is 1. The van der Waals surface area contributed by atoms with E-state index in [4.69, 9.17) is 23.2 Å². The number of carbonyl (C=O) groups excluding carboxylic acids is 1. The summed E-state index contributed by atoms with van der Waals surface area (Å²) in [6.07, 6.45) is 0. The minimum atomic E-state index is -4.12. The van der Waals surface area contributed by atoms with Crippen LogP contribution >= 0.6 is 50.5 Å². The van der Waals surface area contributed by atoms with E-state index >= 15 is 0 Å². The highest BCUT2D eigenvalue weighted by Crippen LogP contribution is 2.27. The number of aromatic nitrogens is 2. The molecule has 0 unspecified atom stereocenters. The second-order valence-corrected chi connectivity index (χ2v) is 11.9. The lowest BCUT2D eigenvalue weighted by atomic mass is 10.2. The van der Waals surface area contributed by atoms with Gasteiger partial charge in [-0.05, 0) is 58.4 Å². The maximum atomic E-state index is 13.1. The highest BCUT2D eigenvalue weighted by Gasteiger charge is 2.20. The van der Waals surface area contributed by atoms with Crippen LogP contribution in [0.3, 0.4) is 0 Å². The lowest BCUT2D eigenvalue weighted by Crippen LogP contribution is -2.34. The number of nitrogens with one attached hydrogen (secondary N) is 4. The summed E-state index contributed by atoms with van der Waals surface area (Å²) in [6.45, 7) is 0. The van der Waals surface area contributed by atoms with Gasteiger partial charge in [-0.2, -0.15) is 0 Å². The van der Waals surface area contributed by atoms with E-state index in [-0.39, 0.29) is 30.3 Å². The van der Waals surface area contributed by atoms with Crippen molar-refractivity contribution in [3.8, 4) is 5.69 Å². The van der Waals surface area contributed by atoms with E-state index < -0.39 is 27.3 Å². The Hall–Kier alpha value is -2.84. The Kier molecular flexibility index (Phi) is 6.97. The molecule has 0 bridgehead atoms. The van der Waals surface area contributed by atoms with Gasteiger partial charge in [0.2, 0.25) is 0 Å². The summed E-state index contributed by atoms with van der Waals surface area (Å²) >= 11 is 16.2. The number of urea groups is 1. The number of amides is 2. The maximum Gasteiger partial charge on any atom is 0.333 e. The SMILES string of the molecule is CNc1cc2[nH]c(=O)n(-c3ccc(NC(=O)NS(=O)(=O)c4ccc(Cl)s4)cc3Cl)c(=O)c2cc1Br. The van der Waals surface area contributed by atoms with Gasteiger partial charge in [-0.15, -0.1) is 11.3 Å². The molecule has 2 aromatic carbocycles. The first-order valence-corrected chi connectivity index (χ1v) is 13.4. The molecule has 0 aliphatic carbocycles. The molecule has 0 radical (unpaired) electrons.